The largest absolute Gasteiger partial charge is 0.497 e. The van der Waals surface area contributed by atoms with Crippen LogP contribution in [0.15, 0.2) is 30.6 Å². The van der Waals surface area contributed by atoms with Crippen LogP contribution in [0.5, 0.6) is 5.75 Å². The van der Waals surface area contributed by atoms with Crippen molar-refractivity contribution in [1.82, 2.24) is 9.55 Å². The van der Waals surface area contributed by atoms with Crippen molar-refractivity contribution in [2.24, 2.45) is 0 Å². The molecule has 3 rings (SSSR count). The Balaban J connectivity index is 1.88. The van der Waals surface area contributed by atoms with Crippen LogP contribution in [0.25, 0.3) is 5.69 Å². The van der Waals surface area contributed by atoms with E-state index < -0.39 is 0 Å². The van der Waals surface area contributed by atoms with Gasteiger partial charge in [0.15, 0.2) is 0 Å². The Morgan fingerprint density at radius 1 is 1.30 bits per heavy atom. The number of methoxy groups -OCH3 is 1. The van der Waals surface area contributed by atoms with Crippen molar-refractivity contribution in [2.45, 2.75) is 38.6 Å². The highest BCUT2D eigenvalue weighted by atomic mass is 16.5. The van der Waals surface area contributed by atoms with E-state index in [1.807, 2.05) is 18.5 Å². The molecule has 20 heavy (non-hydrogen) atoms. The average Bonchev–Trinajstić information content (AvgIpc) is 3.11. The van der Waals surface area contributed by atoms with E-state index in [-0.39, 0.29) is 0 Å². The molecular weight excluding hydrogens is 250 g/mol. The topological polar surface area (TPSA) is 39.1 Å². The van der Waals surface area contributed by atoms with Crippen LogP contribution in [0.2, 0.25) is 0 Å². The first kappa shape index (κ1) is 13.0. The molecule has 1 heterocycles. The Morgan fingerprint density at radius 3 is 2.80 bits per heavy atom. The number of nitrogens with one attached hydrogen (secondary N) is 1. The van der Waals surface area contributed by atoms with E-state index >= 15 is 0 Å². The first-order chi connectivity index (χ1) is 9.78. The van der Waals surface area contributed by atoms with Crippen molar-refractivity contribution < 1.29 is 4.74 Å². The van der Waals surface area contributed by atoms with Crippen molar-refractivity contribution >= 4 is 5.95 Å². The Kier molecular flexibility index (Phi) is 3.63. The summed E-state index contributed by atoms with van der Waals surface area (Å²) < 4.78 is 7.38. The molecule has 1 aromatic heterocycles. The van der Waals surface area contributed by atoms with E-state index in [1.54, 1.807) is 7.11 Å². The zero-order chi connectivity index (χ0) is 13.9. The van der Waals surface area contributed by atoms with Crippen LogP contribution in [-0.4, -0.2) is 22.7 Å². The second-order valence-corrected chi connectivity index (χ2v) is 5.40. The number of hydrogen-bond donors (Lipinski definition) is 1. The maximum absolute atomic E-state index is 5.26. The molecule has 0 bridgehead atoms. The lowest BCUT2D eigenvalue weighted by Crippen LogP contribution is -2.17. The molecule has 0 saturated heterocycles. The molecule has 1 fully saturated rings. The van der Waals surface area contributed by atoms with E-state index in [4.69, 9.17) is 4.74 Å². The van der Waals surface area contributed by atoms with Crippen LogP contribution in [-0.2, 0) is 0 Å². The lowest BCUT2D eigenvalue weighted by molar-refractivity contribution is 0.414. The van der Waals surface area contributed by atoms with Gasteiger partial charge in [-0.15, -0.1) is 0 Å². The molecule has 0 spiro atoms. The fraction of sp³-hybridized carbons (Fsp3) is 0.438. The summed E-state index contributed by atoms with van der Waals surface area (Å²) in [5.41, 5.74) is 2.32. The molecular formula is C16H21N3O. The summed E-state index contributed by atoms with van der Waals surface area (Å²) in [6, 6.07) is 6.68. The van der Waals surface area contributed by atoms with Gasteiger partial charge in [-0.05, 0) is 43.5 Å². The van der Waals surface area contributed by atoms with Gasteiger partial charge in [0.05, 0.1) is 12.8 Å². The van der Waals surface area contributed by atoms with E-state index in [2.05, 4.69) is 33.9 Å². The van der Waals surface area contributed by atoms with Gasteiger partial charge in [0, 0.05) is 18.4 Å². The Morgan fingerprint density at radius 2 is 2.10 bits per heavy atom. The van der Waals surface area contributed by atoms with E-state index in [1.165, 1.54) is 31.2 Å². The molecule has 1 saturated carbocycles. The summed E-state index contributed by atoms with van der Waals surface area (Å²) in [6.07, 6.45) is 8.98. The minimum atomic E-state index is 0.565. The van der Waals surface area contributed by atoms with Gasteiger partial charge in [0.1, 0.15) is 5.75 Å². The third-order valence-corrected chi connectivity index (χ3v) is 3.99. The number of aryl methyl sites for hydroxylation is 1. The van der Waals surface area contributed by atoms with E-state index in [0.29, 0.717) is 6.04 Å². The number of nitrogens with zero attached hydrogens (tertiary/aromatic N) is 2. The van der Waals surface area contributed by atoms with Crippen molar-refractivity contribution in [1.29, 1.82) is 0 Å². The molecule has 0 amide bonds. The smallest absolute Gasteiger partial charge is 0.207 e. The molecule has 1 N–H and O–H groups in total. The summed E-state index contributed by atoms with van der Waals surface area (Å²) in [6.45, 7) is 2.09. The number of anilines is 1. The summed E-state index contributed by atoms with van der Waals surface area (Å²) >= 11 is 0. The van der Waals surface area contributed by atoms with Gasteiger partial charge < -0.3 is 10.1 Å². The Bertz CT molecular complexity index is 585. The minimum absolute atomic E-state index is 0.565. The van der Waals surface area contributed by atoms with Crippen molar-refractivity contribution in [3.05, 3.63) is 36.2 Å². The first-order valence-corrected chi connectivity index (χ1v) is 7.23. The van der Waals surface area contributed by atoms with E-state index in [0.717, 1.165) is 17.4 Å². The highest BCUT2D eigenvalue weighted by Gasteiger charge is 2.17. The maximum atomic E-state index is 5.26. The number of benzene rings is 1. The first-order valence-electron chi connectivity index (χ1n) is 7.23. The fourth-order valence-corrected chi connectivity index (χ4v) is 2.88. The van der Waals surface area contributed by atoms with Crippen LogP contribution in [0.4, 0.5) is 5.95 Å². The summed E-state index contributed by atoms with van der Waals surface area (Å²) in [5.74, 6) is 1.82. The summed E-state index contributed by atoms with van der Waals surface area (Å²) in [4.78, 5) is 4.46. The molecule has 0 radical (unpaired) electrons. The predicted molar refractivity (Wildman–Crippen MR) is 80.7 cm³/mol. The molecule has 2 aromatic rings. The van der Waals surface area contributed by atoms with Gasteiger partial charge in [-0.25, -0.2) is 4.98 Å². The van der Waals surface area contributed by atoms with Crippen LogP contribution in [0, 0.1) is 6.92 Å². The van der Waals surface area contributed by atoms with Crippen LogP contribution in [0.1, 0.15) is 31.2 Å². The molecule has 4 nitrogen and oxygen atoms in total. The molecule has 1 aromatic carbocycles. The average molecular weight is 271 g/mol. The summed E-state index contributed by atoms with van der Waals surface area (Å²) in [5, 5.41) is 3.56. The molecule has 0 atom stereocenters. The van der Waals surface area contributed by atoms with Gasteiger partial charge in [0.2, 0.25) is 5.95 Å². The highest BCUT2D eigenvalue weighted by Crippen LogP contribution is 2.25. The molecule has 0 unspecified atom stereocenters. The zero-order valence-corrected chi connectivity index (χ0v) is 12.1. The second-order valence-electron chi connectivity index (χ2n) is 5.40. The lowest BCUT2D eigenvalue weighted by Gasteiger charge is -2.16. The minimum Gasteiger partial charge on any atom is -0.497 e. The monoisotopic (exact) mass is 271 g/mol. The third kappa shape index (κ3) is 2.50. The summed E-state index contributed by atoms with van der Waals surface area (Å²) in [7, 11) is 1.69. The molecule has 1 aliphatic rings. The Hall–Kier alpha value is -1.97. The van der Waals surface area contributed by atoms with Gasteiger partial charge in [-0.2, -0.15) is 0 Å². The Labute approximate surface area is 119 Å². The number of hydrogen-bond acceptors (Lipinski definition) is 3. The van der Waals surface area contributed by atoms with Crippen LogP contribution >= 0.6 is 0 Å². The van der Waals surface area contributed by atoms with Gasteiger partial charge >= 0.3 is 0 Å². The molecule has 0 aliphatic heterocycles. The highest BCUT2D eigenvalue weighted by molar-refractivity contribution is 5.50. The third-order valence-electron chi connectivity index (χ3n) is 3.99. The zero-order valence-electron chi connectivity index (χ0n) is 12.1. The van der Waals surface area contributed by atoms with Crippen LogP contribution < -0.4 is 10.1 Å². The normalized spacial score (nSPS) is 15.5. The van der Waals surface area contributed by atoms with Crippen molar-refractivity contribution in [3.63, 3.8) is 0 Å². The van der Waals surface area contributed by atoms with Gasteiger partial charge in [0.25, 0.3) is 0 Å². The second kappa shape index (κ2) is 5.57. The maximum Gasteiger partial charge on any atom is 0.207 e. The van der Waals surface area contributed by atoms with Crippen molar-refractivity contribution in [3.8, 4) is 11.4 Å². The number of aromatic nitrogens is 2. The van der Waals surface area contributed by atoms with E-state index in [9.17, 15) is 0 Å². The SMILES string of the molecule is COc1ccc(-n2ccnc2NC2CCCC2)c(C)c1. The number of imidazole rings is 1. The number of rotatable bonds is 4. The fourth-order valence-electron chi connectivity index (χ4n) is 2.88. The van der Waals surface area contributed by atoms with Crippen LogP contribution in [0.3, 0.4) is 0 Å². The number of ether oxygens (including phenoxy) is 1. The standard InChI is InChI=1S/C16H21N3O/c1-12-11-14(20-2)7-8-15(12)19-10-9-17-16(19)18-13-5-3-4-6-13/h7-11,13H,3-6H2,1-2H3,(H,17,18). The quantitative estimate of drug-likeness (QED) is 0.924. The molecule has 1 aliphatic carbocycles. The molecule has 106 valence electrons. The van der Waals surface area contributed by atoms with Crippen molar-refractivity contribution in [2.75, 3.05) is 12.4 Å². The molecule has 4 heteroatoms. The lowest BCUT2D eigenvalue weighted by atomic mass is 10.2. The van der Waals surface area contributed by atoms with Gasteiger partial charge in [-0.1, -0.05) is 12.8 Å². The predicted octanol–water partition coefficient (Wildman–Crippen LogP) is 3.54. The van der Waals surface area contributed by atoms with Gasteiger partial charge in [-0.3, -0.25) is 4.57 Å².